The normalized spacial score (nSPS) is 21.9. The van der Waals surface area contributed by atoms with E-state index < -0.39 is 11.7 Å². The molecule has 0 radical (unpaired) electrons. The maximum Gasteiger partial charge on any atom is 0.309 e. The zero-order valence-electron chi connectivity index (χ0n) is 20.8. The third kappa shape index (κ3) is 5.93. The molecule has 0 aromatic heterocycles. The molecule has 1 aliphatic carbocycles. The Bertz CT molecular complexity index is 936. The molecular weight excluding hydrogens is 426 g/mol. The second-order valence-electron chi connectivity index (χ2n) is 10.1. The molecule has 0 saturated heterocycles. The Morgan fingerprint density at radius 3 is 2.59 bits per heavy atom. The van der Waals surface area contributed by atoms with E-state index in [1.807, 2.05) is 44.2 Å². The second-order valence-corrected chi connectivity index (χ2v) is 10.1. The van der Waals surface area contributed by atoms with Gasteiger partial charge in [0.2, 0.25) is 0 Å². The average Bonchev–Trinajstić information content (AvgIpc) is 2.85. The topological polar surface area (TPSA) is 56.8 Å². The number of benzene rings is 2. The van der Waals surface area contributed by atoms with Crippen LogP contribution < -0.4 is 10.1 Å². The van der Waals surface area contributed by atoms with Crippen LogP contribution in [0.5, 0.6) is 5.75 Å². The summed E-state index contributed by atoms with van der Waals surface area (Å²) in [5.74, 6) is 0.676. The summed E-state index contributed by atoms with van der Waals surface area (Å²) in [5, 5.41) is 3.51. The molecule has 2 unspecified atom stereocenters. The van der Waals surface area contributed by atoms with E-state index in [1.165, 1.54) is 12.0 Å². The first-order chi connectivity index (χ1) is 16.5. The standard InChI is InChI=1S/C29H39NO4/c1-4-5-18-32-26-24-19-23(30-20-21-12-8-6-9-13-21)16-17-25(24)34-29(2,3)27(26)33-28(31)22-14-10-7-11-15-22/h6,8-9,12-13,16-17,19,22,26-27,30H,4-5,7,10-11,14-15,18,20H2,1-3H3. The molecule has 0 bridgehead atoms. The third-order valence-corrected chi connectivity index (χ3v) is 6.97. The van der Waals surface area contributed by atoms with Crippen LogP contribution in [0, 0.1) is 5.92 Å². The van der Waals surface area contributed by atoms with Crippen LogP contribution >= 0.6 is 0 Å². The zero-order chi connectivity index (χ0) is 24.0. The van der Waals surface area contributed by atoms with Crippen molar-refractivity contribution in [1.82, 2.24) is 0 Å². The minimum atomic E-state index is -0.687. The summed E-state index contributed by atoms with van der Waals surface area (Å²) in [7, 11) is 0. The number of carbonyl (C=O) groups excluding carboxylic acids is 1. The maximum atomic E-state index is 13.1. The van der Waals surface area contributed by atoms with Crippen molar-refractivity contribution in [2.24, 2.45) is 5.92 Å². The molecule has 2 atom stereocenters. The molecule has 5 heteroatoms. The van der Waals surface area contributed by atoms with Crippen molar-refractivity contribution in [2.75, 3.05) is 11.9 Å². The molecule has 2 aromatic carbocycles. The van der Waals surface area contributed by atoms with Crippen LogP contribution in [0.1, 0.15) is 82.9 Å². The lowest BCUT2D eigenvalue weighted by Gasteiger charge is -2.44. The van der Waals surface area contributed by atoms with Gasteiger partial charge in [0.1, 0.15) is 17.5 Å². The van der Waals surface area contributed by atoms with Crippen LogP contribution in [-0.4, -0.2) is 24.3 Å². The molecule has 1 saturated carbocycles. The molecule has 4 rings (SSSR count). The molecule has 1 N–H and O–H groups in total. The fourth-order valence-electron chi connectivity index (χ4n) is 4.94. The van der Waals surface area contributed by atoms with Crippen molar-refractivity contribution in [3.8, 4) is 5.75 Å². The van der Waals surface area contributed by atoms with Crippen molar-refractivity contribution in [3.05, 3.63) is 59.7 Å². The molecule has 5 nitrogen and oxygen atoms in total. The first kappa shape index (κ1) is 24.6. The van der Waals surface area contributed by atoms with Gasteiger partial charge in [-0.25, -0.2) is 0 Å². The van der Waals surface area contributed by atoms with Gasteiger partial charge in [-0.1, -0.05) is 62.9 Å². The van der Waals surface area contributed by atoms with Crippen molar-refractivity contribution in [2.45, 2.75) is 90.1 Å². The van der Waals surface area contributed by atoms with Crippen LogP contribution in [0.3, 0.4) is 0 Å². The largest absolute Gasteiger partial charge is 0.483 e. The van der Waals surface area contributed by atoms with E-state index in [0.717, 1.165) is 62.1 Å². The van der Waals surface area contributed by atoms with Gasteiger partial charge < -0.3 is 19.5 Å². The van der Waals surface area contributed by atoms with E-state index in [1.54, 1.807) is 0 Å². The average molecular weight is 466 g/mol. The van der Waals surface area contributed by atoms with Gasteiger partial charge in [0.05, 0.1) is 5.92 Å². The summed E-state index contributed by atoms with van der Waals surface area (Å²) in [6, 6.07) is 16.4. The molecule has 2 aromatic rings. The lowest BCUT2D eigenvalue weighted by Crippen LogP contribution is -2.52. The summed E-state index contributed by atoms with van der Waals surface area (Å²) in [4.78, 5) is 13.1. The number of nitrogens with one attached hydrogen (secondary N) is 1. The number of carbonyl (C=O) groups is 1. The molecule has 1 heterocycles. The Labute approximate surface area is 204 Å². The monoisotopic (exact) mass is 465 g/mol. The number of rotatable bonds is 9. The lowest BCUT2D eigenvalue weighted by molar-refractivity contribution is -0.189. The van der Waals surface area contributed by atoms with E-state index in [0.29, 0.717) is 6.61 Å². The van der Waals surface area contributed by atoms with Crippen molar-refractivity contribution in [3.63, 3.8) is 0 Å². The molecule has 0 amide bonds. The quantitative estimate of drug-likeness (QED) is 0.325. The summed E-state index contributed by atoms with van der Waals surface area (Å²) < 4.78 is 19.0. The van der Waals surface area contributed by atoms with Crippen LogP contribution in [0.25, 0.3) is 0 Å². The third-order valence-electron chi connectivity index (χ3n) is 6.97. The maximum absolute atomic E-state index is 13.1. The lowest BCUT2D eigenvalue weighted by atomic mass is 9.86. The Morgan fingerprint density at radius 2 is 1.85 bits per heavy atom. The Balaban J connectivity index is 1.57. The molecule has 1 fully saturated rings. The zero-order valence-corrected chi connectivity index (χ0v) is 20.8. The van der Waals surface area contributed by atoms with E-state index >= 15 is 0 Å². The summed E-state index contributed by atoms with van der Waals surface area (Å²) >= 11 is 0. The summed E-state index contributed by atoms with van der Waals surface area (Å²) in [6.45, 7) is 7.49. The van der Waals surface area contributed by atoms with Gasteiger partial charge in [0.15, 0.2) is 6.10 Å². The second kappa shape index (κ2) is 11.3. The number of unbranched alkanes of at least 4 members (excludes halogenated alkanes) is 1. The summed E-state index contributed by atoms with van der Waals surface area (Å²) in [6.07, 6.45) is 6.37. The number of hydrogen-bond acceptors (Lipinski definition) is 5. The minimum absolute atomic E-state index is 0.0129. The summed E-state index contributed by atoms with van der Waals surface area (Å²) in [5.41, 5.74) is 2.46. The van der Waals surface area contributed by atoms with E-state index in [2.05, 4.69) is 30.4 Å². The first-order valence-electron chi connectivity index (χ1n) is 12.9. The van der Waals surface area contributed by atoms with Gasteiger partial charge in [-0.3, -0.25) is 4.79 Å². The molecule has 2 aliphatic rings. The fraction of sp³-hybridized carbons (Fsp3) is 0.552. The van der Waals surface area contributed by atoms with Crippen molar-refractivity contribution >= 4 is 11.7 Å². The highest BCUT2D eigenvalue weighted by Crippen LogP contribution is 2.45. The highest BCUT2D eigenvalue weighted by molar-refractivity contribution is 5.73. The Morgan fingerprint density at radius 1 is 1.09 bits per heavy atom. The first-order valence-corrected chi connectivity index (χ1v) is 12.9. The minimum Gasteiger partial charge on any atom is -0.483 e. The number of esters is 1. The molecule has 1 aliphatic heterocycles. The number of anilines is 1. The van der Waals surface area contributed by atoms with Crippen LogP contribution in [-0.2, 0) is 20.8 Å². The van der Waals surface area contributed by atoms with Gasteiger partial charge in [-0.05, 0) is 56.9 Å². The van der Waals surface area contributed by atoms with Crippen molar-refractivity contribution in [1.29, 1.82) is 0 Å². The Hall–Kier alpha value is -2.53. The molecule has 34 heavy (non-hydrogen) atoms. The van der Waals surface area contributed by atoms with Crippen LogP contribution in [0.15, 0.2) is 48.5 Å². The smallest absolute Gasteiger partial charge is 0.309 e. The Kier molecular flexibility index (Phi) is 8.15. The fourth-order valence-corrected chi connectivity index (χ4v) is 4.94. The van der Waals surface area contributed by atoms with Gasteiger partial charge >= 0.3 is 5.97 Å². The van der Waals surface area contributed by atoms with Gasteiger partial charge in [0, 0.05) is 24.4 Å². The van der Waals surface area contributed by atoms with Crippen LogP contribution in [0.4, 0.5) is 5.69 Å². The van der Waals surface area contributed by atoms with Gasteiger partial charge in [-0.15, -0.1) is 0 Å². The number of fused-ring (bicyclic) bond motifs is 1. The SMILES string of the molecule is CCCCOC1c2cc(NCc3ccccc3)ccc2OC(C)(C)C1OC(=O)C1CCCCC1. The van der Waals surface area contributed by atoms with E-state index in [-0.39, 0.29) is 18.0 Å². The molecule has 184 valence electrons. The highest BCUT2D eigenvalue weighted by Gasteiger charge is 2.48. The van der Waals surface area contributed by atoms with E-state index in [4.69, 9.17) is 14.2 Å². The predicted molar refractivity (Wildman–Crippen MR) is 135 cm³/mol. The van der Waals surface area contributed by atoms with Crippen LogP contribution in [0.2, 0.25) is 0 Å². The highest BCUT2D eigenvalue weighted by atomic mass is 16.6. The number of ether oxygens (including phenoxy) is 3. The van der Waals surface area contributed by atoms with Crippen molar-refractivity contribution < 1.29 is 19.0 Å². The predicted octanol–water partition coefficient (Wildman–Crippen LogP) is 6.82. The number of hydrogen-bond donors (Lipinski definition) is 1. The van der Waals surface area contributed by atoms with Gasteiger partial charge in [-0.2, -0.15) is 0 Å². The van der Waals surface area contributed by atoms with E-state index in [9.17, 15) is 4.79 Å². The van der Waals surface area contributed by atoms with Gasteiger partial charge in [0.25, 0.3) is 0 Å². The molecular formula is C29H39NO4. The molecule has 0 spiro atoms.